The predicted octanol–water partition coefficient (Wildman–Crippen LogP) is 1.78. The Bertz CT molecular complexity index is 613. The van der Waals surface area contributed by atoms with Crippen LogP contribution in [-0.2, 0) is 0 Å². The number of aliphatic hydroxyl groups excluding tert-OH is 1. The Labute approximate surface area is 107 Å². The summed E-state index contributed by atoms with van der Waals surface area (Å²) in [7, 11) is 0. The molecule has 1 fully saturated rings. The van der Waals surface area contributed by atoms with Crippen LogP contribution in [0.1, 0.15) is 6.42 Å². The van der Waals surface area contributed by atoms with Crippen LogP contribution in [-0.4, -0.2) is 34.2 Å². The third kappa shape index (κ3) is 1.91. The van der Waals surface area contributed by atoms with Crippen LogP contribution in [0.3, 0.4) is 0 Å². The number of hydrogen-bond donors (Lipinski definition) is 1. The van der Waals surface area contributed by atoms with Gasteiger partial charge >= 0.3 is 0 Å². The van der Waals surface area contributed by atoms with Crippen LogP contribution in [0, 0.1) is 10.1 Å². The number of nitro benzene ring substituents is 1. The maximum Gasteiger partial charge on any atom is 0.271 e. The van der Waals surface area contributed by atoms with Crippen molar-refractivity contribution in [3.63, 3.8) is 0 Å². The molecule has 1 aliphatic rings. The van der Waals surface area contributed by atoms with Crippen molar-refractivity contribution in [3.05, 3.63) is 28.3 Å². The average molecular weight is 265 g/mol. The molecule has 1 aliphatic heterocycles. The molecular weight excluding hydrogens is 254 g/mol. The summed E-state index contributed by atoms with van der Waals surface area (Å²) in [6.07, 6.45) is 0.446. The van der Waals surface area contributed by atoms with E-state index in [9.17, 15) is 15.2 Å². The van der Waals surface area contributed by atoms with Gasteiger partial charge in [-0.2, -0.15) is 0 Å². The summed E-state index contributed by atoms with van der Waals surface area (Å²) in [4.78, 5) is 16.7. The average Bonchev–Trinajstić information content (AvgIpc) is 2.93. The summed E-state index contributed by atoms with van der Waals surface area (Å²) < 4.78 is 0.928. The van der Waals surface area contributed by atoms with Gasteiger partial charge in [-0.3, -0.25) is 10.1 Å². The van der Waals surface area contributed by atoms with Gasteiger partial charge < -0.3 is 10.0 Å². The molecule has 0 aliphatic carbocycles. The monoisotopic (exact) mass is 265 g/mol. The highest BCUT2D eigenvalue weighted by Gasteiger charge is 2.23. The molecule has 0 radical (unpaired) electrons. The van der Waals surface area contributed by atoms with Gasteiger partial charge in [0.15, 0.2) is 5.13 Å². The molecule has 0 bridgehead atoms. The summed E-state index contributed by atoms with van der Waals surface area (Å²) in [5.41, 5.74) is 0.700. The minimum absolute atomic E-state index is 0.0563. The van der Waals surface area contributed by atoms with Gasteiger partial charge in [-0.15, -0.1) is 0 Å². The summed E-state index contributed by atoms with van der Waals surface area (Å²) in [5, 5.41) is 21.0. The lowest BCUT2D eigenvalue weighted by Gasteiger charge is -2.12. The molecule has 2 aromatic rings. The zero-order chi connectivity index (χ0) is 12.7. The van der Waals surface area contributed by atoms with Crippen molar-refractivity contribution in [2.45, 2.75) is 12.5 Å². The first kappa shape index (κ1) is 11.4. The van der Waals surface area contributed by atoms with Crippen molar-refractivity contribution in [1.82, 2.24) is 4.98 Å². The maximum absolute atomic E-state index is 10.7. The number of β-amino-alcohol motifs (C(OH)–C–C–N with tert-alkyl or cyclic N) is 1. The number of nitro groups is 1. The highest BCUT2D eigenvalue weighted by Crippen LogP contribution is 2.32. The van der Waals surface area contributed by atoms with E-state index in [-0.39, 0.29) is 11.8 Å². The number of nitrogens with zero attached hydrogens (tertiary/aromatic N) is 3. The van der Waals surface area contributed by atoms with E-state index >= 15 is 0 Å². The molecule has 1 saturated heterocycles. The zero-order valence-corrected chi connectivity index (χ0v) is 10.3. The smallest absolute Gasteiger partial charge is 0.271 e. The molecule has 0 amide bonds. The van der Waals surface area contributed by atoms with Gasteiger partial charge in [0.25, 0.3) is 5.69 Å². The topological polar surface area (TPSA) is 79.5 Å². The van der Waals surface area contributed by atoms with Crippen molar-refractivity contribution in [2.24, 2.45) is 0 Å². The van der Waals surface area contributed by atoms with Crippen LogP contribution in [0.25, 0.3) is 10.2 Å². The van der Waals surface area contributed by atoms with Gasteiger partial charge in [0.1, 0.15) is 0 Å². The van der Waals surface area contributed by atoms with Crippen molar-refractivity contribution >= 4 is 32.4 Å². The Morgan fingerprint density at radius 3 is 3.06 bits per heavy atom. The molecule has 3 rings (SSSR count). The highest BCUT2D eigenvalue weighted by atomic mass is 32.1. The molecule has 0 unspecified atom stereocenters. The number of fused-ring (bicyclic) bond motifs is 1. The Balaban J connectivity index is 1.98. The van der Waals surface area contributed by atoms with Crippen molar-refractivity contribution < 1.29 is 10.0 Å². The molecule has 6 nitrogen and oxygen atoms in total. The Hall–Kier alpha value is -1.73. The minimum Gasteiger partial charge on any atom is -0.391 e. The number of aliphatic hydroxyl groups is 1. The van der Waals surface area contributed by atoms with Crippen molar-refractivity contribution in [2.75, 3.05) is 18.0 Å². The van der Waals surface area contributed by atoms with Crippen LogP contribution in [0.4, 0.5) is 10.8 Å². The second-order valence-electron chi connectivity index (χ2n) is 4.29. The van der Waals surface area contributed by atoms with E-state index in [2.05, 4.69) is 4.98 Å². The quantitative estimate of drug-likeness (QED) is 0.661. The number of rotatable bonds is 2. The Morgan fingerprint density at radius 1 is 1.56 bits per heavy atom. The lowest BCUT2D eigenvalue weighted by molar-refractivity contribution is -0.384. The fraction of sp³-hybridized carbons (Fsp3) is 0.364. The fourth-order valence-corrected chi connectivity index (χ4v) is 3.05. The number of non-ortho nitro benzene ring substituents is 1. The molecule has 1 atom stereocenters. The minimum atomic E-state index is -0.419. The number of benzene rings is 1. The largest absolute Gasteiger partial charge is 0.391 e. The van der Waals surface area contributed by atoms with Crippen LogP contribution in [0.15, 0.2) is 18.2 Å². The van der Waals surface area contributed by atoms with Crippen LogP contribution in [0.5, 0.6) is 0 Å². The lowest BCUT2D eigenvalue weighted by Crippen LogP contribution is -2.20. The summed E-state index contributed by atoms with van der Waals surface area (Å²) in [6.45, 7) is 1.37. The normalized spacial score (nSPS) is 19.6. The Morgan fingerprint density at radius 2 is 2.39 bits per heavy atom. The van der Waals surface area contributed by atoms with Crippen LogP contribution in [0.2, 0.25) is 0 Å². The molecule has 2 heterocycles. The van der Waals surface area contributed by atoms with Gasteiger partial charge in [0.2, 0.25) is 0 Å². The second-order valence-corrected chi connectivity index (χ2v) is 5.30. The predicted molar refractivity (Wildman–Crippen MR) is 69.1 cm³/mol. The van der Waals surface area contributed by atoms with Gasteiger partial charge in [-0.1, -0.05) is 11.3 Å². The van der Waals surface area contributed by atoms with E-state index < -0.39 is 4.92 Å². The molecular formula is C11H11N3O3S. The second kappa shape index (κ2) is 4.18. The SMILES string of the molecule is O=[N+]([O-])c1ccc2sc(N3CC[C@@H](O)C3)nc2c1. The molecule has 1 aromatic heterocycles. The fourth-order valence-electron chi connectivity index (χ4n) is 2.07. The first-order chi connectivity index (χ1) is 8.63. The van der Waals surface area contributed by atoms with Gasteiger partial charge in [0, 0.05) is 25.2 Å². The first-order valence-electron chi connectivity index (χ1n) is 5.61. The van der Waals surface area contributed by atoms with E-state index in [1.54, 1.807) is 6.07 Å². The molecule has 7 heteroatoms. The van der Waals surface area contributed by atoms with Gasteiger partial charge in [0.05, 0.1) is 21.2 Å². The summed E-state index contributed by atoms with van der Waals surface area (Å²) in [5.74, 6) is 0. The molecule has 1 aromatic carbocycles. The third-order valence-electron chi connectivity index (χ3n) is 3.00. The van der Waals surface area contributed by atoms with E-state index in [4.69, 9.17) is 0 Å². The zero-order valence-electron chi connectivity index (χ0n) is 9.44. The van der Waals surface area contributed by atoms with E-state index in [0.717, 1.165) is 22.8 Å². The van der Waals surface area contributed by atoms with Crippen molar-refractivity contribution in [1.29, 1.82) is 0 Å². The van der Waals surface area contributed by atoms with Crippen LogP contribution < -0.4 is 4.90 Å². The first-order valence-corrected chi connectivity index (χ1v) is 6.43. The standard InChI is InChI=1S/C11H11N3O3S/c15-8-3-4-13(6-8)11-12-9-5-7(14(16)17)1-2-10(9)18-11/h1-2,5,8,15H,3-4,6H2/t8-/m1/s1. The maximum atomic E-state index is 10.7. The number of thiazole rings is 1. The molecule has 18 heavy (non-hydrogen) atoms. The lowest BCUT2D eigenvalue weighted by atomic mass is 10.3. The molecule has 0 spiro atoms. The van der Waals surface area contributed by atoms with E-state index in [1.165, 1.54) is 23.5 Å². The van der Waals surface area contributed by atoms with Gasteiger partial charge in [-0.05, 0) is 12.5 Å². The molecule has 94 valence electrons. The van der Waals surface area contributed by atoms with E-state index in [0.29, 0.717) is 12.1 Å². The summed E-state index contributed by atoms with van der Waals surface area (Å²) >= 11 is 1.50. The van der Waals surface area contributed by atoms with Gasteiger partial charge in [-0.25, -0.2) is 4.98 Å². The Kier molecular flexibility index (Phi) is 2.64. The number of anilines is 1. The highest BCUT2D eigenvalue weighted by molar-refractivity contribution is 7.22. The number of aromatic nitrogens is 1. The molecule has 1 N–H and O–H groups in total. The van der Waals surface area contributed by atoms with Crippen molar-refractivity contribution in [3.8, 4) is 0 Å². The number of hydrogen-bond acceptors (Lipinski definition) is 6. The molecule has 0 saturated carbocycles. The third-order valence-corrected chi connectivity index (χ3v) is 4.10. The van der Waals surface area contributed by atoms with Crippen LogP contribution >= 0.6 is 11.3 Å². The van der Waals surface area contributed by atoms with E-state index in [1.807, 2.05) is 4.90 Å². The summed E-state index contributed by atoms with van der Waals surface area (Å²) in [6, 6.07) is 4.70.